The van der Waals surface area contributed by atoms with Gasteiger partial charge in [0.05, 0.1) is 0 Å². The second-order valence-corrected chi connectivity index (χ2v) is 4.12. The normalized spacial score (nSPS) is 11.4. The predicted octanol–water partition coefficient (Wildman–Crippen LogP) is 2.86. The van der Waals surface area contributed by atoms with Gasteiger partial charge in [0, 0.05) is 17.3 Å². The number of hydrogen-bond acceptors (Lipinski definition) is 1. The van der Waals surface area contributed by atoms with Gasteiger partial charge in [-0.25, -0.2) is 0 Å². The first-order valence-electron chi connectivity index (χ1n) is 5.01. The molecular formula is C10H20BrNO. The van der Waals surface area contributed by atoms with E-state index < -0.39 is 0 Å². The Bertz CT molecular complexity index is 147. The molecule has 0 bridgehead atoms. The zero-order valence-electron chi connectivity index (χ0n) is 8.82. The van der Waals surface area contributed by atoms with Crippen molar-refractivity contribution < 1.29 is 4.79 Å². The van der Waals surface area contributed by atoms with Gasteiger partial charge in [0.25, 0.3) is 0 Å². The molecule has 0 spiro atoms. The van der Waals surface area contributed by atoms with Crippen LogP contribution in [0.25, 0.3) is 0 Å². The van der Waals surface area contributed by atoms with Gasteiger partial charge in [-0.05, 0) is 19.3 Å². The van der Waals surface area contributed by atoms with Gasteiger partial charge >= 0.3 is 0 Å². The Balaban J connectivity index is 4.16. The molecule has 0 atom stereocenters. The lowest BCUT2D eigenvalue weighted by Crippen LogP contribution is -2.47. The highest BCUT2D eigenvalue weighted by Gasteiger charge is 2.24. The standard InChI is InChI=1S/C10H20BrNO/c1-4-10(5-2,6-3)12-9(13)7-8-11/h4-8H2,1-3H3,(H,12,13). The van der Waals surface area contributed by atoms with Crippen molar-refractivity contribution in [1.29, 1.82) is 0 Å². The van der Waals surface area contributed by atoms with Crippen LogP contribution in [0.2, 0.25) is 0 Å². The summed E-state index contributed by atoms with van der Waals surface area (Å²) in [5, 5.41) is 3.85. The van der Waals surface area contributed by atoms with E-state index in [-0.39, 0.29) is 11.4 Å². The molecule has 0 aromatic rings. The first-order valence-corrected chi connectivity index (χ1v) is 6.13. The molecule has 0 aromatic heterocycles. The van der Waals surface area contributed by atoms with Gasteiger partial charge in [-0.15, -0.1) is 0 Å². The highest BCUT2D eigenvalue weighted by atomic mass is 79.9. The lowest BCUT2D eigenvalue weighted by molar-refractivity contribution is -0.122. The van der Waals surface area contributed by atoms with Gasteiger partial charge in [0.1, 0.15) is 0 Å². The van der Waals surface area contributed by atoms with E-state index in [1.54, 1.807) is 0 Å². The predicted molar refractivity (Wildman–Crippen MR) is 60.2 cm³/mol. The number of hydrogen-bond donors (Lipinski definition) is 1. The van der Waals surface area contributed by atoms with Crippen LogP contribution in [0.5, 0.6) is 0 Å². The van der Waals surface area contributed by atoms with Gasteiger partial charge in [-0.2, -0.15) is 0 Å². The van der Waals surface area contributed by atoms with Crippen molar-refractivity contribution in [2.24, 2.45) is 0 Å². The summed E-state index contributed by atoms with van der Waals surface area (Å²) >= 11 is 3.26. The molecule has 0 aliphatic carbocycles. The number of rotatable bonds is 6. The third-order valence-corrected chi connectivity index (χ3v) is 3.15. The zero-order valence-corrected chi connectivity index (χ0v) is 10.4. The summed E-state index contributed by atoms with van der Waals surface area (Å²) in [5.41, 5.74) is 0.0270. The number of nitrogens with one attached hydrogen (secondary N) is 1. The molecule has 0 saturated carbocycles. The Hall–Kier alpha value is -0.0500. The minimum absolute atomic E-state index is 0.0270. The second kappa shape index (κ2) is 6.41. The van der Waals surface area contributed by atoms with Crippen LogP contribution in [0.3, 0.4) is 0 Å². The van der Waals surface area contributed by atoms with Gasteiger partial charge in [-0.3, -0.25) is 4.79 Å². The number of halogens is 1. The van der Waals surface area contributed by atoms with Crippen molar-refractivity contribution in [3.05, 3.63) is 0 Å². The number of alkyl halides is 1. The summed E-state index contributed by atoms with van der Waals surface area (Å²) in [4.78, 5) is 11.4. The van der Waals surface area contributed by atoms with Gasteiger partial charge in [0.2, 0.25) is 5.91 Å². The van der Waals surface area contributed by atoms with E-state index in [2.05, 4.69) is 42.0 Å². The maximum atomic E-state index is 11.4. The fourth-order valence-electron chi connectivity index (χ4n) is 1.46. The number of carbonyl (C=O) groups excluding carboxylic acids is 1. The largest absolute Gasteiger partial charge is 0.351 e. The molecule has 0 aromatic carbocycles. The van der Waals surface area contributed by atoms with Crippen molar-refractivity contribution in [2.45, 2.75) is 52.0 Å². The molecule has 0 aliphatic heterocycles. The van der Waals surface area contributed by atoms with E-state index in [4.69, 9.17) is 0 Å². The minimum Gasteiger partial charge on any atom is -0.351 e. The third kappa shape index (κ3) is 4.12. The maximum Gasteiger partial charge on any atom is 0.221 e. The van der Waals surface area contributed by atoms with Crippen molar-refractivity contribution in [2.75, 3.05) is 5.33 Å². The summed E-state index contributed by atoms with van der Waals surface area (Å²) in [6, 6.07) is 0. The van der Waals surface area contributed by atoms with Crippen molar-refractivity contribution in [3.63, 3.8) is 0 Å². The van der Waals surface area contributed by atoms with Crippen LogP contribution in [0, 0.1) is 0 Å². The Morgan fingerprint density at radius 2 is 1.69 bits per heavy atom. The quantitative estimate of drug-likeness (QED) is 0.721. The third-order valence-electron chi connectivity index (χ3n) is 2.76. The van der Waals surface area contributed by atoms with Crippen LogP contribution in [0.4, 0.5) is 0 Å². The molecule has 0 unspecified atom stereocenters. The molecule has 0 saturated heterocycles. The molecule has 2 nitrogen and oxygen atoms in total. The summed E-state index contributed by atoms with van der Waals surface area (Å²) in [6.45, 7) is 6.38. The minimum atomic E-state index is 0.0270. The van der Waals surface area contributed by atoms with Crippen molar-refractivity contribution in [3.8, 4) is 0 Å². The van der Waals surface area contributed by atoms with Crippen LogP contribution >= 0.6 is 15.9 Å². The summed E-state index contributed by atoms with van der Waals surface area (Å²) in [5.74, 6) is 0.155. The molecule has 0 aliphatic rings. The molecule has 1 N–H and O–H groups in total. The maximum absolute atomic E-state index is 11.4. The van der Waals surface area contributed by atoms with Crippen LogP contribution in [0.15, 0.2) is 0 Å². The molecule has 13 heavy (non-hydrogen) atoms. The lowest BCUT2D eigenvalue weighted by atomic mass is 9.90. The van der Waals surface area contributed by atoms with Crippen molar-refractivity contribution >= 4 is 21.8 Å². The van der Waals surface area contributed by atoms with E-state index >= 15 is 0 Å². The van der Waals surface area contributed by atoms with E-state index in [1.165, 1.54) is 0 Å². The molecule has 78 valence electrons. The van der Waals surface area contributed by atoms with E-state index in [0.717, 1.165) is 24.6 Å². The molecule has 1 amide bonds. The monoisotopic (exact) mass is 249 g/mol. The van der Waals surface area contributed by atoms with Crippen LogP contribution in [-0.4, -0.2) is 16.8 Å². The summed E-state index contributed by atoms with van der Waals surface area (Å²) in [7, 11) is 0. The highest BCUT2D eigenvalue weighted by Crippen LogP contribution is 2.19. The SMILES string of the molecule is CCC(CC)(CC)NC(=O)CCBr. The molecule has 3 heteroatoms. The average Bonchev–Trinajstić information content (AvgIpc) is 2.15. The Morgan fingerprint density at radius 1 is 1.23 bits per heavy atom. The number of carbonyl (C=O) groups is 1. The Morgan fingerprint density at radius 3 is 2.00 bits per heavy atom. The smallest absolute Gasteiger partial charge is 0.221 e. The summed E-state index contributed by atoms with van der Waals surface area (Å²) in [6.07, 6.45) is 3.60. The molecule has 0 rings (SSSR count). The van der Waals surface area contributed by atoms with E-state index in [1.807, 2.05) is 0 Å². The van der Waals surface area contributed by atoms with E-state index in [0.29, 0.717) is 6.42 Å². The van der Waals surface area contributed by atoms with E-state index in [9.17, 15) is 4.79 Å². The fraction of sp³-hybridized carbons (Fsp3) is 0.900. The van der Waals surface area contributed by atoms with Gasteiger partial charge in [0.15, 0.2) is 0 Å². The first kappa shape index (κ1) is 12.9. The van der Waals surface area contributed by atoms with Crippen LogP contribution in [-0.2, 0) is 4.79 Å². The molecular weight excluding hydrogens is 230 g/mol. The second-order valence-electron chi connectivity index (χ2n) is 3.33. The highest BCUT2D eigenvalue weighted by molar-refractivity contribution is 9.09. The van der Waals surface area contributed by atoms with Crippen LogP contribution in [0.1, 0.15) is 46.5 Å². The molecule has 0 radical (unpaired) electrons. The fourth-order valence-corrected chi connectivity index (χ4v) is 1.82. The van der Waals surface area contributed by atoms with Crippen molar-refractivity contribution in [1.82, 2.24) is 5.32 Å². The van der Waals surface area contributed by atoms with Gasteiger partial charge in [-0.1, -0.05) is 36.7 Å². The summed E-state index contributed by atoms with van der Waals surface area (Å²) < 4.78 is 0. The first-order chi connectivity index (χ1) is 6.14. The number of amides is 1. The zero-order chi connectivity index (χ0) is 10.3. The van der Waals surface area contributed by atoms with Crippen LogP contribution < -0.4 is 5.32 Å². The molecule has 0 fully saturated rings. The van der Waals surface area contributed by atoms with Gasteiger partial charge < -0.3 is 5.32 Å². The topological polar surface area (TPSA) is 29.1 Å². The molecule has 0 heterocycles. The lowest BCUT2D eigenvalue weighted by Gasteiger charge is -2.31. The Labute approximate surface area is 89.6 Å². The average molecular weight is 250 g/mol. The Kier molecular flexibility index (Phi) is 6.39.